The minimum Gasteiger partial charge on any atom is -0.492 e. The number of nitrogens with one attached hydrogen (secondary N) is 1. The Balaban J connectivity index is 1.40. The number of aryl methyl sites for hydroxylation is 1. The topological polar surface area (TPSA) is 59.4 Å². The van der Waals surface area contributed by atoms with Crippen LogP contribution in [0.4, 0.5) is 4.39 Å². The Morgan fingerprint density at radius 3 is 2.92 bits per heavy atom. The summed E-state index contributed by atoms with van der Waals surface area (Å²) < 4.78 is 20.1. The van der Waals surface area contributed by atoms with Gasteiger partial charge in [-0.05, 0) is 43.7 Å². The summed E-state index contributed by atoms with van der Waals surface area (Å²) in [5, 5.41) is 7.09. The van der Waals surface area contributed by atoms with E-state index in [1.54, 1.807) is 16.8 Å². The first kappa shape index (κ1) is 17.4. The van der Waals surface area contributed by atoms with Crippen molar-refractivity contribution in [3.63, 3.8) is 0 Å². The molecular formula is C18H23FN4O2. The summed E-state index contributed by atoms with van der Waals surface area (Å²) in [6.45, 7) is 2.06. The molecule has 0 unspecified atom stereocenters. The number of ether oxygens (including phenoxy) is 1. The van der Waals surface area contributed by atoms with Gasteiger partial charge < -0.3 is 10.1 Å². The molecular weight excluding hydrogens is 323 g/mol. The predicted octanol–water partition coefficient (Wildman–Crippen LogP) is 1.89. The van der Waals surface area contributed by atoms with Gasteiger partial charge in [0.1, 0.15) is 18.2 Å². The fourth-order valence-electron chi connectivity index (χ4n) is 3.14. The largest absolute Gasteiger partial charge is 0.492 e. The summed E-state index contributed by atoms with van der Waals surface area (Å²) >= 11 is 0. The number of hydrogen-bond acceptors (Lipinski definition) is 4. The number of rotatable bonds is 7. The fraction of sp³-hybridized carbons (Fsp3) is 0.444. The Labute approximate surface area is 146 Å². The maximum Gasteiger partial charge on any atom is 0.234 e. The van der Waals surface area contributed by atoms with E-state index in [-0.39, 0.29) is 17.8 Å². The van der Waals surface area contributed by atoms with Gasteiger partial charge in [0.2, 0.25) is 5.91 Å². The van der Waals surface area contributed by atoms with Gasteiger partial charge in [-0.25, -0.2) is 4.39 Å². The molecule has 1 atom stereocenters. The van der Waals surface area contributed by atoms with Crippen LogP contribution in [0.15, 0.2) is 36.7 Å². The van der Waals surface area contributed by atoms with Crippen molar-refractivity contribution in [1.29, 1.82) is 0 Å². The lowest BCUT2D eigenvalue weighted by Gasteiger charge is -2.22. The molecule has 1 aromatic carbocycles. The van der Waals surface area contributed by atoms with Gasteiger partial charge >= 0.3 is 0 Å². The molecule has 134 valence electrons. The van der Waals surface area contributed by atoms with E-state index in [0.717, 1.165) is 24.9 Å². The van der Waals surface area contributed by atoms with Crippen molar-refractivity contribution in [1.82, 2.24) is 20.0 Å². The number of amides is 1. The van der Waals surface area contributed by atoms with Crippen LogP contribution in [0, 0.1) is 5.82 Å². The summed E-state index contributed by atoms with van der Waals surface area (Å²) in [7, 11) is 1.90. The summed E-state index contributed by atoms with van der Waals surface area (Å²) in [5.74, 6) is 0.278. The van der Waals surface area contributed by atoms with Gasteiger partial charge in [-0.3, -0.25) is 14.4 Å². The quantitative estimate of drug-likeness (QED) is 0.778. The first-order valence-electron chi connectivity index (χ1n) is 8.49. The molecule has 0 bridgehead atoms. The average molecular weight is 346 g/mol. The van der Waals surface area contributed by atoms with E-state index in [4.69, 9.17) is 4.74 Å². The van der Waals surface area contributed by atoms with E-state index in [2.05, 4.69) is 15.3 Å². The Bertz CT molecular complexity index is 701. The zero-order valence-electron chi connectivity index (χ0n) is 14.3. The number of halogens is 1. The van der Waals surface area contributed by atoms with E-state index in [1.807, 2.05) is 19.4 Å². The molecule has 1 N–H and O–H groups in total. The number of aromatic nitrogens is 2. The van der Waals surface area contributed by atoms with Gasteiger partial charge in [-0.1, -0.05) is 0 Å². The van der Waals surface area contributed by atoms with Crippen LogP contribution >= 0.6 is 0 Å². The number of benzene rings is 1. The van der Waals surface area contributed by atoms with Crippen molar-refractivity contribution < 1.29 is 13.9 Å². The number of nitrogens with zero attached hydrogens (tertiary/aromatic N) is 3. The van der Waals surface area contributed by atoms with Crippen molar-refractivity contribution in [3.05, 3.63) is 48.0 Å². The molecule has 1 fully saturated rings. The molecule has 1 saturated heterocycles. The third-order valence-corrected chi connectivity index (χ3v) is 4.33. The highest BCUT2D eigenvalue weighted by Gasteiger charge is 2.28. The van der Waals surface area contributed by atoms with Crippen LogP contribution < -0.4 is 10.1 Å². The summed E-state index contributed by atoms with van der Waals surface area (Å²) in [5.41, 5.74) is 1.16. The molecule has 25 heavy (non-hydrogen) atoms. The third-order valence-electron chi connectivity index (χ3n) is 4.33. The van der Waals surface area contributed by atoms with Crippen molar-refractivity contribution in [2.75, 3.05) is 26.2 Å². The first-order valence-corrected chi connectivity index (χ1v) is 8.49. The highest BCUT2D eigenvalue weighted by molar-refractivity contribution is 5.78. The predicted molar refractivity (Wildman–Crippen MR) is 91.7 cm³/mol. The molecule has 3 rings (SSSR count). The van der Waals surface area contributed by atoms with Crippen molar-refractivity contribution in [2.24, 2.45) is 7.05 Å². The van der Waals surface area contributed by atoms with Crippen molar-refractivity contribution >= 4 is 5.91 Å². The zero-order valence-corrected chi connectivity index (χ0v) is 14.3. The van der Waals surface area contributed by atoms with Gasteiger partial charge in [0.15, 0.2) is 0 Å². The number of carbonyl (C=O) groups is 1. The summed E-state index contributed by atoms with van der Waals surface area (Å²) in [4.78, 5) is 14.3. The molecule has 0 spiro atoms. The molecule has 0 aliphatic carbocycles. The Hall–Kier alpha value is -2.41. The van der Waals surface area contributed by atoms with Crippen molar-refractivity contribution in [2.45, 2.75) is 18.9 Å². The lowest BCUT2D eigenvalue weighted by atomic mass is 10.1. The Morgan fingerprint density at radius 2 is 2.20 bits per heavy atom. The molecule has 6 nitrogen and oxygen atoms in total. The Morgan fingerprint density at radius 1 is 1.40 bits per heavy atom. The molecule has 2 aromatic rings. The average Bonchev–Trinajstić information content (AvgIpc) is 3.22. The van der Waals surface area contributed by atoms with E-state index in [1.165, 1.54) is 12.1 Å². The second-order valence-electron chi connectivity index (χ2n) is 6.23. The highest BCUT2D eigenvalue weighted by Crippen LogP contribution is 2.30. The smallest absolute Gasteiger partial charge is 0.234 e. The second kappa shape index (κ2) is 8.11. The molecule has 7 heteroatoms. The van der Waals surface area contributed by atoms with Crippen LogP contribution in [0.3, 0.4) is 0 Å². The molecule has 2 heterocycles. The molecule has 1 aliphatic heterocycles. The van der Waals surface area contributed by atoms with Crippen LogP contribution in [0.1, 0.15) is 24.4 Å². The molecule has 1 amide bonds. The van der Waals surface area contributed by atoms with E-state index < -0.39 is 0 Å². The van der Waals surface area contributed by atoms with Crippen LogP contribution in [0.25, 0.3) is 0 Å². The SMILES string of the molecule is Cn1cc([C@H]2CCCN2CC(=O)NCCOc2ccc(F)cc2)cn1. The van der Waals surface area contributed by atoms with Crippen LogP contribution in [0.2, 0.25) is 0 Å². The maximum atomic E-state index is 12.8. The standard InChI is InChI=1S/C18H23FN4O2/c1-22-12-14(11-21-22)17-3-2-9-23(17)13-18(24)20-8-10-25-16-6-4-15(19)5-7-16/h4-7,11-12,17H,2-3,8-10,13H2,1H3,(H,20,24)/t17-/m1/s1. The fourth-order valence-corrected chi connectivity index (χ4v) is 3.14. The van der Waals surface area contributed by atoms with Gasteiger partial charge in [-0.15, -0.1) is 0 Å². The van der Waals surface area contributed by atoms with Gasteiger partial charge in [0.25, 0.3) is 0 Å². The van der Waals surface area contributed by atoms with Gasteiger partial charge in [0.05, 0.1) is 19.3 Å². The zero-order chi connectivity index (χ0) is 17.6. The number of carbonyl (C=O) groups excluding carboxylic acids is 1. The first-order chi connectivity index (χ1) is 12.1. The maximum absolute atomic E-state index is 12.8. The highest BCUT2D eigenvalue weighted by atomic mass is 19.1. The molecule has 1 aromatic heterocycles. The third kappa shape index (κ3) is 4.79. The lowest BCUT2D eigenvalue weighted by Crippen LogP contribution is -2.38. The molecule has 1 aliphatic rings. The minimum atomic E-state index is -0.297. The Kier molecular flexibility index (Phi) is 5.65. The number of hydrogen-bond donors (Lipinski definition) is 1. The minimum absolute atomic E-state index is 0.0153. The second-order valence-corrected chi connectivity index (χ2v) is 6.23. The summed E-state index contributed by atoms with van der Waals surface area (Å²) in [6, 6.07) is 6.09. The summed E-state index contributed by atoms with van der Waals surface area (Å²) in [6.07, 6.45) is 6.02. The number of likely N-dealkylation sites (tertiary alicyclic amines) is 1. The van der Waals surface area contributed by atoms with Gasteiger partial charge in [-0.2, -0.15) is 5.10 Å². The monoisotopic (exact) mass is 346 g/mol. The van der Waals surface area contributed by atoms with Crippen LogP contribution in [0.5, 0.6) is 5.75 Å². The molecule has 0 saturated carbocycles. The van der Waals surface area contributed by atoms with Gasteiger partial charge in [0, 0.05) is 24.8 Å². The van der Waals surface area contributed by atoms with Crippen LogP contribution in [-0.4, -0.2) is 46.8 Å². The normalized spacial score (nSPS) is 17.6. The van der Waals surface area contributed by atoms with Crippen LogP contribution in [-0.2, 0) is 11.8 Å². The van der Waals surface area contributed by atoms with E-state index in [0.29, 0.717) is 25.4 Å². The van der Waals surface area contributed by atoms with E-state index in [9.17, 15) is 9.18 Å². The van der Waals surface area contributed by atoms with E-state index >= 15 is 0 Å². The lowest BCUT2D eigenvalue weighted by molar-refractivity contribution is -0.122. The van der Waals surface area contributed by atoms with Crippen molar-refractivity contribution in [3.8, 4) is 5.75 Å². The molecule has 0 radical (unpaired) electrons.